The molecule has 16 heavy (non-hydrogen) atoms. The zero-order chi connectivity index (χ0) is 11.4. The molecule has 0 fully saturated rings. The number of nitrogens with one attached hydrogen (secondary N) is 1. The maximum absolute atomic E-state index is 5.54. The van der Waals surface area contributed by atoms with Crippen LogP contribution in [0, 0.1) is 5.92 Å². The number of nitrogens with two attached hydrogens (primary N) is 1. The first-order valence-electron chi connectivity index (χ1n) is 5.71. The molecule has 1 atom stereocenters. The van der Waals surface area contributed by atoms with Gasteiger partial charge in [0.25, 0.3) is 0 Å². The number of hydrogen-bond donors (Lipinski definition) is 2. The van der Waals surface area contributed by atoms with Crippen molar-refractivity contribution in [2.24, 2.45) is 11.7 Å². The Morgan fingerprint density at radius 2 is 2.19 bits per heavy atom. The standard InChI is InChI=1S/C13H18N2S/c1-10(6-7-14)8-15-12-9-16-13-5-3-2-4-11(12)13/h2-5,9-10,15H,6-8,14H2,1H3. The summed E-state index contributed by atoms with van der Waals surface area (Å²) in [5.41, 5.74) is 6.80. The SMILES string of the molecule is CC(CCN)CNc1csc2ccccc12. The molecule has 2 nitrogen and oxygen atoms in total. The van der Waals surface area contributed by atoms with Gasteiger partial charge >= 0.3 is 0 Å². The predicted molar refractivity (Wildman–Crippen MR) is 73.2 cm³/mol. The fourth-order valence-corrected chi connectivity index (χ4v) is 2.70. The lowest BCUT2D eigenvalue weighted by molar-refractivity contribution is 0.569. The number of fused-ring (bicyclic) bond motifs is 1. The molecule has 1 heterocycles. The molecule has 2 rings (SSSR count). The smallest absolute Gasteiger partial charge is 0.0529 e. The Bertz CT molecular complexity index is 450. The van der Waals surface area contributed by atoms with Gasteiger partial charge in [0.1, 0.15) is 0 Å². The molecule has 0 spiro atoms. The van der Waals surface area contributed by atoms with Crippen LogP contribution in [0.1, 0.15) is 13.3 Å². The van der Waals surface area contributed by atoms with Gasteiger partial charge in [-0.3, -0.25) is 0 Å². The van der Waals surface area contributed by atoms with E-state index in [1.807, 2.05) is 0 Å². The number of anilines is 1. The zero-order valence-corrected chi connectivity index (χ0v) is 10.4. The molecule has 0 saturated carbocycles. The molecule has 0 aliphatic carbocycles. The highest BCUT2D eigenvalue weighted by molar-refractivity contribution is 7.17. The van der Waals surface area contributed by atoms with Gasteiger partial charge in [0.15, 0.2) is 0 Å². The largest absolute Gasteiger partial charge is 0.384 e. The summed E-state index contributed by atoms with van der Waals surface area (Å²) in [4.78, 5) is 0. The Hall–Kier alpha value is -1.06. The summed E-state index contributed by atoms with van der Waals surface area (Å²) in [5.74, 6) is 0.628. The number of hydrogen-bond acceptors (Lipinski definition) is 3. The van der Waals surface area contributed by atoms with Crippen molar-refractivity contribution in [3.63, 3.8) is 0 Å². The van der Waals surface area contributed by atoms with E-state index >= 15 is 0 Å². The first kappa shape index (κ1) is 11.4. The molecular formula is C13H18N2S. The third-order valence-corrected chi connectivity index (χ3v) is 3.74. The molecule has 3 heteroatoms. The van der Waals surface area contributed by atoms with Crippen LogP contribution < -0.4 is 11.1 Å². The fourth-order valence-electron chi connectivity index (χ4n) is 1.79. The van der Waals surface area contributed by atoms with Crippen molar-refractivity contribution < 1.29 is 0 Å². The lowest BCUT2D eigenvalue weighted by Gasteiger charge is -2.11. The van der Waals surface area contributed by atoms with Gasteiger partial charge in [0.05, 0.1) is 5.69 Å². The van der Waals surface area contributed by atoms with Gasteiger partial charge in [0, 0.05) is 22.0 Å². The molecule has 86 valence electrons. The zero-order valence-electron chi connectivity index (χ0n) is 9.57. The van der Waals surface area contributed by atoms with Gasteiger partial charge < -0.3 is 11.1 Å². The van der Waals surface area contributed by atoms with Crippen LogP contribution >= 0.6 is 11.3 Å². The summed E-state index contributed by atoms with van der Waals surface area (Å²) in [7, 11) is 0. The van der Waals surface area contributed by atoms with Crippen molar-refractivity contribution in [3.05, 3.63) is 29.6 Å². The quantitative estimate of drug-likeness (QED) is 0.833. The molecule has 0 saturated heterocycles. The van der Waals surface area contributed by atoms with E-state index in [0.29, 0.717) is 5.92 Å². The van der Waals surface area contributed by atoms with E-state index in [1.165, 1.54) is 15.8 Å². The van der Waals surface area contributed by atoms with Crippen LogP contribution in [-0.4, -0.2) is 13.1 Å². The second-order valence-corrected chi connectivity index (χ2v) is 5.12. The lowest BCUT2D eigenvalue weighted by Crippen LogP contribution is -2.14. The van der Waals surface area contributed by atoms with Gasteiger partial charge in [0.2, 0.25) is 0 Å². The topological polar surface area (TPSA) is 38.0 Å². The van der Waals surface area contributed by atoms with Crippen LogP contribution in [0.3, 0.4) is 0 Å². The first-order chi connectivity index (χ1) is 7.81. The molecule has 3 N–H and O–H groups in total. The van der Waals surface area contributed by atoms with Gasteiger partial charge in [-0.25, -0.2) is 0 Å². The van der Waals surface area contributed by atoms with Crippen molar-refractivity contribution in [1.82, 2.24) is 0 Å². The van der Waals surface area contributed by atoms with Crippen LogP contribution in [0.5, 0.6) is 0 Å². The van der Waals surface area contributed by atoms with Crippen molar-refractivity contribution in [1.29, 1.82) is 0 Å². The molecule has 1 aromatic carbocycles. The van der Waals surface area contributed by atoms with Crippen LogP contribution in [0.25, 0.3) is 10.1 Å². The number of benzene rings is 1. The molecule has 0 aliphatic heterocycles. The Balaban J connectivity index is 2.04. The average Bonchev–Trinajstić information content (AvgIpc) is 2.70. The van der Waals surface area contributed by atoms with E-state index in [2.05, 4.69) is 41.9 Å². The average molecular weight is 234 g/mol. The third-order valence-electron chi connectivity index (χ3n) is 2.78. The minimum atomic E-state index is 0.628. The Labute approximate surface area is 100 Å². The molecule has 2 aromatic rings. The summed E-state index contributed by atoms with van der Waals surface area (Å²) in [6.45, 7) is 4.00. The van der Waals surface area contributed by atoms with E-state index in [0.717, 1.165) is 19.5 Å². The lowest BCUT2D eigenvalue weighted by atomic mass is 10.1. The van der Waals surface area contributed by atoms with Crippen LogP contribution in [0.4, 0.5) is 5.69 Å². The van der Waals surface area contributed by atoms with Gasteiger partial charge in [-0.1, -0.05) is 25.1 Å². The first-order valence-corrected chi connectivity index (χ1v) is 6.59. The van der Waals surface area contributed by atoms with Crippen LogP contribution in [0.15, 0.2) is 29.6 Å². The normalized spacial score (nSPS) is 12.9. The Kier molecular flexibility index (Phi) is 3.80. The van der Waals surface area contributed by atoms with Gasteiger partial charge in [-0.15, -0.1) is 11.3 Å². The summed E-state index contributed by atoms with van der Waals surface area (Å²) in [5, 5.41) is 7.03. The van der Waals surface area contributed by atoms with Crippen molar-refractivity contribution in [2.45, 2.75) is 13.3 Å². The van der Waals surface area contributed by atoms with E-state index < -0.39 is 0 Å². The van der Waals surface area contributed by atoms with E-state index in [4.69, 9.17) is 5.73 Å². The molecule has 0 aliphatic rings. The highest BCUT2D eigenvalue weighted by atomic mass is 32.1. The Morgan fingerprint density at radius 3 is 3.00 bits per heavy atom. The summed E-state index contributed by atoms with van der Waals surface area (Å²) < 4.78 is 1.34. The van der Waals surface area contributed by atoms with E-state index in [9.17, 15) is 0 Å². The predicted octanol–water partition coefficient (Wildman–Crippen LogP) is 3.30. The maximum atomic E-state index is 5.54. The minimum absolute atomic E-state index is 0.628. The monoisotopic (exact) mass is 234 g/mol. The molecular weight excluding hydrogens is 216 g/mol. The summed E-state index contributed by atoms with van der Waals surface area (Å²) in [6, 6.07) is 8.50. The molecule has 0 bridgehead atoms. The Morgan fingerprint density at radius 1 is 1.38 bits per heavy atom. The van der Waals surface area contributed by atoms with E-state index in [-0.39, 0.29) is 0 Å². The van der Waals surface area contributed by atoms with Crippen molar-refractivity contribution in [2.75, 3.05) is 18.4 Å². The minimum Gasteiger partial charge on any atom is -0.384 e. The highest BCUT2D eigenvalue weighted by Gasteiger charge is 2.04. The molecule has 0 amide bonds. The second-order valence-electron chi connectivity index (χ2n) is 4.21. The third kappa shape index (κ3) is 2.54. The fraction of sp³-hybridized carbons (Fsp3) is 0.385. The van der Waals surface area contributed by atoms with Crippen LogP contribution in [0.2, 0.25) is 0 Å². The number of rotatable bonds is 5. The molecule has 0 radical (unpaired) electrons. The van der Waals surface area contributed by atoms with Gasteiger partial charge in [-0.05, 0) is 24.9 Å². The second kappa shape index (κ2) is 5.32. The maximum Gasteiger partial charge on any atom is 0.0529 e. The summed E-state index contributed by atoms with van der Waals surface area (Å²) >= 11 is 1.79. The van der Waals surface area contributed by atoms with Gasteiger partial charge in [-0.2, -0.15) is 0 Å². The number of thiophene rings is 1. The van der Waals surface area contributed by atoms with E-state index in [1.54, 1.807) is 11.3 Å². The molecule has 1 aromatic heterocycles. The molecule has 1 unspecified atom stereocenters. The summed E-state index contributed by atoms with van der Waals surface area (Å²) in [6.07, 6.45) is 1.08. The van der Waals surface area contributed by atoms with Crippen molar-refractivity contribution >= 4 is 27.1 Å². The van der Waals surface area contributed by atoms with Crippen LogP contribution in [-0.2, 0) is 0 Å². The highest BCUT2D eigenvalue weighted by Crippen LogP contribution is 2.29. The van der Waals surface area contributed by atoms with Crippen molar-refractivity contribution in [3.8, 4) is 0 Å².